The van der Waals surface area contributed by atoms with Crippen molar-refractivity contribution in [2.75, 3.05) is 13.1 Å². The van der Waals surface area contributed by atoms with E-state index in [4.69, 9.17) is 16.3 Å². The maximum Gasteiger partial charge on any atom is 0.314 e. The zero-order valence-corrected chi connectivity index (χ0v) is 17.9. The van der Waals surface area contributed by atoms with Crippen molar-refractivity contribution in [3.05, 3.63) is 44.7 Å². The average Bonchev–Trinajstić information content (AvgIpc) is 3.05. The number of carbonyl (C=O) groups excluding carboxylic acids is 1. The van der Waals surface area contributed by atoms with Gasteiger partial charge in [0.15, 0.2) is 0 Å². The predicted molar refractivity (Wildman–Crippen MR) is 105 cm³/mol. The van der Waals surface area contributed by atoms with Crippen LogP contribution in [0.25, 0.3) is 0 Å². The number of sulfonamides is 1. The highest BCUT2D eigenvalue weighted by atomic mass is 79.9. The van der Waals surface area contributed by atoms with E-state index in [1.165, 1.54) is 15.6 Å². The smallest absolute Gasteiger partial charge is 0.314 e. The zero-order chi connectivity index (χ0) is 18.9. The minimum absolute atomic E-state index is 0.291. The molecular weight excluding hydrogens is 462 g/mol. The maximum absolute atomic E-state index is 12.6. The van der Waals surface area contributed by atoms with Crippen molar-refractivity contribution >= 4 is 54.9 Å². The van der Waals surface area contributed by atoms with Gasteiger partial charge in [0.1, 0.15) is 9.96 Å². The van der Waals surface area contributed by atoms with Crippen molar-refractivity contribution in [2.24, 2.45) is 5.92 Å². The lowest BCUT2D eigenvalue weighted by molar-refractivity contribution is -0.140. The summed E-state index contributed by atoms with van der Waals surface area (Å²) in [6.45, 7) is 2.47. The second-order valence-electron chi connectivity index (χ2n) is 6.09. The number of esters is 1. The molecule has 0 unspecified atom stereocenters. The van der Waals surface area contributed by atoms with Crippen LogP contribution in [0.3, 0.4) is 0 Å². The Morgan fingerprint density at radius 2 is 1.96 bits per heavy atom. The Hall–Kier alpha value is -0.930. The lowest BCUT2D eigenvalue weighted by atomic mass is 9.98. The number of piperidine rings is 1. The number of nitrogens with zero attached hydrogens (tertiary/aromatic N) is 1. The summed E-state index contributed by atoms with van der Waals surface area (Å²) in [5.41, 5.74) is 0.945. The van der Waals surface area contributed by atoms with Crippen LogP contribution in [0, 0.1) is 12.8 Å². The summed E-state index contributed by atoms with van der Waals surface area (Å²) in [5, 5.41) is 0.382. The van der Waals surface area contributed by atoms with Gasteiger partial charge in [-0.25, -0.2) is 8.42 Å². The molecule has 0 N–H and O–H groups in total. The summed E-state index contributed by atoms with van der Waals surface area (Å²) < 4.78 is 33.2. The third-order valence-corrected chi connectivity index (χ3v) is 8.53. The molecule has 5 nitrogen and oxygen atoms in total. The van der Waals surface area contributed by atoms with Crippen LogP contribution in [-0.2, 0) is 14.8 Å². The van der Waals surface area contributed by atoms with Gasteiger partial charge in [-0.2, -0.15) is 4.31 Å². The standard InChI is InChI=1S/C17H17BrClNO4S2/c1-11-2-3-13(19)14(10-11)24-17(21)12-6-8-20(9-7-12)26(22,23)16-5-4-15(18)25-16/h2-5,10,12H,6-9H2,1H3. The number of rotatable bonds is 4. The van der Waals surface area contributed by atoms with Gasteiger partial charge in [0, 0.05) is 13.1 Å². The number of ether oxygens (including phenoxy) is 1. The molecule has 26 heavy (non-hydrogen) atoms. The Morgan fingerprint density at radius 1 is 1.27 bits per heavy atom. The fraction of sp³-hybridized carbons (Fsp3) is 0.353. The van der Waals surface area contributed by atoms with Crippen LogP contribution in [0.4, 0.5) is 0 Å². The topological polar surface area (TPSA) is 63.7 Å². The Labute approximate surface area is 170 Å². The van der Waals surface area contributed by atoms with E-state index >= 15 is 0 Å². The first-order valence-corrected chi connectivity index (χ1v) is 11.4. The molecule has 1 aliphatic heterocycles. The molecule has 1 saturated heterocycles. The molecule has 2 aromatic rings. The second kappa shape index (κ2) is 7.98. The molecule has 0 amide bonds. The van der Waals surface area contributed by atoms with Crippen molar-refractivity contribution in [3.63, 3.8) is 0 Å². The van der Waals surface area contributed by atoms with Crippen LogP contribution in [0.15, 0.2) is 38.3 Å². The van der Waals surface area contributed by atoms with Crippen LogP contribution >= 0.6 is 38.9 Å². The van der Waals surface area contributed by atoms with E-state index in [1.54, 1.807) is 24.3 Å². The Morgan fingerprint density at radius 3 is 2.58 bits per heavy atom. The minimum atomic E-state index is -3.51. The van der Waals surface area contributed by atoms with E-state index in [1.807, 2.05) is 13.0 Å². The molecule has 0 aliphatic carbocycles. The van der Waals surface area contributed by atoms with E-state index < -0.39 is 10.0 Å². The molecule has 1 aromatic heterocycles. The van der Waals surface area contributed by atoms with Crippen molar-refractivity contribution in [3.8, 4) is 5.75 Å². The van der Waals surface area contributed by atoms with Gasteiger partial charge >= 0.3 is 5.97 Å². The van der Waals surface area contributed by atoms with Crippen LogP contribution in [-0.4, -0.2) is 31.8 Å². The summed E-state index contributed by atoms with van der Waals surface area (Å²) in [5.74, 6) is -0.364. The number of halogens is 2. The van der Waals surface area contributed by atoms with Crippen LogP contribution in [0.1, 0.15) is 18.4 Å². The van der Waals surface area contributed by atoms with Gasteiger partial charge in [-0.15, -0.1) is 11.3 Å². The van der Waals surface area contributed by atoms with Gasteiger partial charge in [-0.1, -0.05) is 17.7 Å². The molecule has 0 atom stereocenters. The molecule has 1 aromatic carbocycles. The van der Waals surface area contributed by atoms with Crippen molar-refractivity contribution in [2.45, 2.75) is 24.0 Å². The number of hydrogen-bond donors (Lipinski definition) is 0. The van der Waals surface area contributed by atoms with Crippen LogP contribution in [0.2, 0.25) is 5.02 Å². The second-order valence-corrected chi connectivity index (χ2v) is 11.1. The van der Waals surface area contributed by atoms with Gasteiger partial charge < -0.3 is 4.74 Å². The number of thiophene rings is 1. The quantitative estimate of drug-likeness (QED) is 0.480. The van der Waals surface area contributed by atoms with E-state index in [0.717, 1.165) is 9.35 Å². The first-order chi connectivity index (χ1) is 12.3. The Kier molecular flexibility index (Phi) is 6.08. The van der Waals surface area contributed by atoms with Gasteiger partial charge in [0.25, 0.3) is 10.0 Å². The number of aryl methyl sites for hydroxylation is 1. The third kappa shape index (κ3) is 4.31. The summed E-state index contributed by atoms with van der Waals surface area (Å²) in [4.78, 5) is 12.4. The average molecular weight is 479 g/mol. The molecule has 2 heterocycles. The lowest BCUT2D eigenvalue weighted by Crippen LogP contribution is -2.40. The molecule has 3 rings (SSSR count). The first-order valence-electron chi connectivity index (χ1n) is 8.00. The summed E-state index contributed by atoms with van der Waals surface area (Å²) >= 11 is 10.5. The summed E-state index contributed by atoms with van der Waals surface area (Å²) in [7, 11) is -3.51. The van der Waals surface area contributed by atoms with E-state index in [0.29, 0.717) is 40.9 Å². The van der Waals surface area contributed by atoms with Crippen molar-refractivity contribution in [1.82, 2.24) is 4.31 Å². The molecule has 0 saturated carbocycles. The molecule has 0 spiro atoms. The van der Waals surface area contributed by atoms with Crippen molar-refractivity contribution in [1.29, 1.82) is 0 Å². The van der Waals surface area contributed by atoms with Gasteiger partial charge in [-0.05, 0) is 65.5 Å². The monoisotopic (exact) mass is 477 g/mol. The third-order valence-electron chi connectivity index (χ3n) is 4.23. The van der Waals surface area contributed by atoms with E-state index in [-0.39, 0.29) is 11.9 Å². The number of carbonyl (C=O) groups is 1. The molecule has 0 radical (unpaired) electrons. The van der Waals surface area contributed by atoms with E-state index in [2.05, 4.69) is 15.9 Å². The summed E-state index contributed by atoms with van der Waals surface area (Å²) in [6.07, 6.45) is 0.849. The molecule has 0 bridgehead atoms. The van der Waals surface area contributed by atoms with Crippen LogP contribution < -0.4 is 4.74 Å². The first kappa shape index (κ1) is 19.8. The highest BCUT2D eigenvalue weighted by Crippen LogP contribution is 2.32. The highest BCUT2D eigenvalue weighted by Gasteiger charge is 2.33. The number of benzene rings is 1. The normalized spacial score (nSPS) is 16.6. The molecule has 9 heteroatoms. The zero-order valence-electron chi connectivity index (χ0n) is 13.9. The largest absolute Gasteiger partial charge is 0.425 e. The number of hydrogen-bond acceptors (Lipinski definition) is 5. The fourth-order valence-electron chi connectivity index (χ4n) is 2.78. The Balaban J connectivity index is 1.63. The molecule has 1 fully saturated rings. The minimum Gasteiger partial charge on any atom is -0.425 e. The summed E-state index contributed by atoms with van der Waals surface area (Å²) in [6, 6.07) is 8.55. The predicted octanol–water partition coefficient (Wildman–Crippen LogP) is 4.48. The van der Waals surface area contributed by atoms with E-state index in [9.17, 15) is 13.2 Å². The molecular formula is C17H17BrClNO4S2. The van der Waals surface area contributed by atoms with Crippen LogP contribution in [0.5, 0.6) is 5.75 Å². The SMILES string of the molecule is Cc1ccc(Cl)c(OC(=O)C2CCN(S(=O)(=O)c3ccc(Br)s3)CC2)c1. The van der Waals surface area contributed by atoms with Gasteiger partial charge in [0.05, 0.1) is 14.7 Å². The fourth-order valence-corrected chi connectivity index (χ4v) is 6.57. The molecule has 140 valence electrons. The Bertz CT molecular complexity index is 921. The lowest BCUT2D eigenvalue weighted by Gasteiger charge is -2.29. The molecule has 1 aliphatic rings. The van der Waals surface area contributed by atoms with Gasteiger partial charge in [0.2, 0.25) is 0 Å². The van der Waals surface area contributed by atoms with Crippen molar-refractivity contribution < 1.29 is 17.9 Å². The maximum atomic E-state index is 12.6. The highest BCUT2D eigenvalue weighted by molar-refractivity contribution is 9.11. The van der Waals surface area contributed by atoms with Gasteiger partial charge in [-0.3, -0.25) is 4.79 Å².